The molecule has 156 valence electrons. The van der Waals surface area contributed by atoms with Gasteiger partial charge < -0.3 is 25.2 Å². The molecule has 0 heterocycles. The first-order valence-corrected chi connectivity index (χ1v) is 10.1. The number of carbonyl (C=O) groups excluding carboxylic acids is 1. The number of methoxy groups -OCH3 is 1. The molecule has 0 radical (unpaired) electrons. The maximum atomic E-state index is 12.5. The number of benzene rings is 2. The fourth-order valence-electron chi connectivity index (χ4n) is 3.60. The highest BCUT2D eigenvalue weighted by Gasteiger charge is 2.31. The van der Waals surface area contributed by atoms with Gasteiger partial charge in [-0.25, -0.2) is 4.79 Å². The summed E-state index contributed by atoms with van der Waals surface area (Å²) in [5.74, 6) is 1.86. The molecule has 2 atom stereocenters. The van der Waals surface area contributed by atoms with Crippen molar-refractivity contribution in [3.8, 4) is 11.5 Å². The fraction of sp³-hybridized carbons (Fsp3) is 0.435. The van der Waals surface area contributed by atoms with E-state index in [1.807, 2.05) is 24.3 Å². The monoisotopic (exact) mass is 398 g/mol. The molecule has 1 aliphatic rings. The molecule has 0 fully saturated rings. The summed E-state index contributed by atoms with van der Waals surface area (Å²) in [5, 5.41) is 16.0. The number of anilines is 1. The van der Waals surface area contributed by atoms with Crippen molar-refractivity contribution in [2.75, 3.05) is 19.0 Å². The van der Waals surface area contributed by atoms with Crippen molar-refractivity contribution in [2.45, 2.75) is 45.3 Å². The quantitative estimate of drug-likeness (QED) is 0.580. The van der Waals surface area contributed by atoms with E-state index in [1.165, 1.54) is 0 Å². The number of fused-ring (bicyclic) bond motifs is 1. The van der Waals surface area contributed by atoms with E-state index in [2.05, 4.69) is 24.5 Å². The Morgan fingerprint density at radius 2 is 2.00 bits per heavy atom. The lowest BCUT2D eigenvalue weighted by molar-refractivity contribution is 0.144. The molecule has 6 nitrogen and oxygen atoms in total. The van der Waals surface area contributed by atoms with Crippen molar-refractivity contribution >= 4 is 11.7 Å². The first-order valence-electron chi connectivity index (χ1n) is 10.1. The average Bonchev–Trinajstić information content (AvgIpc) is 3.00. The molecule has 0 saturated heterocycles. The zero-order chi connectivity index (χ0) is 20.8. The highest BCUT2D eigenvalue weighted by Crippen LogP contribution is 2.32. The molecular formula is C23H30N2O4. The molecule has 29 heavy (non-hydrogen) atoms. The molecular weight excluding hydrogens is 368 g/mol. The van der Waals surface area contributed by atoms with Crippen molar-refractivity contribution < 1.29 is 19.4 Å². The minimum atomic E-state index is -0.631. The van der Waals surface area contributed by atoms with Crippen LogP contribution in [0.15, 0.2) is 42.5 Å². The number of rotatable bonds is 8. The number of aliphatic hydroxyl groups excluding tert-OH is 1. The molecule has 2 amide bonds. The number of carbonyl (C=O) groups is 1. The lowest BCUT2D eigenvalue weighted by Gasteiger charge is -2.19. The van der Waals surface area contributed by atoms with Gasteiger partial charge in [-0.1, -0.05) is 38.1 Å². The Bertz CT molecular complexity index is 837. The van der Waals surface area contributed by atoms with E-state index in [4.69, 9.17) is 9.47 Å². The van der Waals surface area contributed by atoms with Crippen LogP contribution in [0.5, 0.6) is 11.5 Å². The predicted octanol–water partition coefficient (Wildman–Crippen LogP) is 4.29. The Balaban J connectivity index is 1.62. The number of aliphatic hydroxyl groups is 1. The molecule has 1 aliphatic carbocycles. The third-order valence-electron chi connectivity index (χ3n) is 5.10. The summed E-state index contributed by atoms with van der Waals surface area (Å²) in [7, 11) is 1.59. The molecule has 0 bridgehead atoms. The second-order valence-electron chi connectivity index (χ2n) is 7.80. The van der Waals surface area contributed by atoms with Crippen LogP contribution in [0.3, 0.4) is 0 Å². The van der Waals surface area contributed by atoms with E-state index in [0.29, 0.717) is 36.1 Å². The van der Waals surface area contributed by atoms with E-state index < -0.39 is 12.1 Å². The van der Waals surface area contributed by atoms with Gasteiger partial charge in [0.2, 0.25) is 0 Å². The summed E-state index contributed by atoms with van der Waals surface area (Å²) in [4.78, 5) is 12.5. The number of urea groups is 1. The number of nitrogens with one attached hydrogen (secondary N) is 2. The second-order valence-corrected chi connectivity index (χ2v) is 7.80. The highest BCUT2D eigenvalue weighted by atomic mass is 16.5. The summed E-state index contributed by atoms with van der Waals surface area (Å²) >= 11 is 0. The van der Waals surface area contributed by atoms with E-state index in [0.717, 1.165) is 24.0 Å². The largest absolute Gasteiger partial charge is 0.493 e. The van der Waals surface area contributed by atoms with Crippen LogP contribution < -0.4 is 20.1 Å². The van der Waals surface area contributed by atoms with Crippen molar-refractivity contribution in [3.05, 3.63) is 53.6 Å². The van der Waals surface area contributed by atoms with Crippen LogP contribution >= 0.6 is 0 Å². The molecule has 3 rings (SSSR count). The average molecular weight is 399 g/mol. The Hall–Kier alpha value is -2.73. The van der Waals surface area contributed by atoms with Crippen molar-refractivity contribution in [1.82, 2.24) is 5.32 Å². The Morgan fingerprint density at radius 3 is 2.76 bits per heavy atom. The van der Waals surface area contributed by atoms with Crippen LogP contribution in [0, 0.1) is 5.92 Å². The molecule has 0 aliphatic heterocycles. The van der Waals surface area contributed by atoms with Gasteiger partial charge in [-0.15, -0.1) is 0 Å². The van der Waals surface area contributed by atoms with E-state index >= 15 is 0 Å². The fourth-order valence-corrected chi connectivity index (χ4v) is 3.60. The minimum Gasteiger partial charge on any atom is -0.493 e. The normalized spacial score (nSPS) is 17.7. The van der Waals surface area contributed by atoms with E-state index in [9.17, 15) is 9.90 Å². The number of ether oxygens (including phenoxy) is 2. The van der Waals surface area contributed by atoms with Gasteiger partial charge in [-0.3, -0.25) is 0 Å². The smallest absolute Gasteiger partial charge is 0.319 e. The summed E-state index contributed by atoms with van der Waals surface area (Å²) in [6, 6.07) is 12.3. The van der Waals surface area contributed by atoms with Crippen LogP contribution in [0.25, 0.3) is 0 Å². The molecule has 6 heteroatoms. The topological polar surface area (TPSA) is 79.8 Å². The van der Waals surface area contributed by atoms with Gasteiger partial charge in [0, 0.05) is 18.2 Å². The third-order valence-corrected chi connectivity index (χ3v) is 5.10. The highest BCUT2D eigenvalue weighted by molar-refractivity contribution is 5.90. The number of amides is 2. The third kappa shape index (κ3) is 5.41. The molecule has 0 unspecified atom stereocenters. The van der Waals surface area contributed by atoms with Crippen LogP contribution in [-0.2, 0) is 6.42 Å². The summed E-state index contributed by atoms with van der Waals surface area (Å²) in [6.45, 7) is 4.96. The van der Waals surface area contributed by atoms with E-state index in [1.54, 1.807) is 25.3 Å². The SMILES string of the molecule is COc1ccc(NC(=O)N[C@H]2c3ccccc3C[C@@H]2O)cc1OCCCC(C)C. The predicted molar refractivity (Wildman–Crippen MR) is 114 cm³/mol. The summed E-state index contributed by atoms with van der Waals surface area (Å²) in [5.41, 5.74) is 2.62. The van der Waals surface area contributed by atoms with E-state index in [-0.39, 0.29) is 6.03 Å². The van der Waals surface area contributed by atoms with Crippen molar-refractivity contribution in [1.29, 1.82) is 0 Å². The molecule has 0 spiro atoms. The first kappa shape index (κ1) is 21.0. The van der Waals surface area contributed by atoms with Gasteiger partial charge >= 0.3 is 6.03 Å². The lowest BCUT2D eigenvalue weighted by atomic mass is 10.1. The second kappa shape index (κ2) is 9.65. The van der Waals surface area contributed by atoms with Gasteiger partial charge in [0.15, 0.2) is 11.5 Å². The molecule has 3 N–H and O–H groups in total. The Kier molecular flexibility index (Phi) is 6.99. The van der Waals surface area contributed by atoms with Crippen molar-refractivity contribution in [2.24, 2.45) is 5.92 Å². The minimum absolute atomic E-state index is 0.373. The molecule has 0 aromatic heterocycles. The Labute approximate surface area is 172 Å². The summed E-state index contributed by atoms with van der Waals surface area (Å²) in [6.07, 6.45) is 1.96. The van der Waals surface area contributed by atoms with Gasteiger partial charge in [0.25, 0.3) is 0 Å². The standard InChI is InChI=1S/C23H30N2O4/c1-15(2)7-6-12-29-21-14-17(10-11-20(21)28-3)24-23(27)25-22-18-9-5-4-8-16(18)13-19(22)26/h4-5,8-11,14-15,19,22,26H,6-7,12-13H2,1-3H3,(H2,24,25,27)/t19-,22-/m0/s1. The van der Waals surface area contributed by atoms with Crippen LogP contribution in [0.2, 0.25) is 0 Å². The van der Waals surface area contributed by atoms with Gasteiger partial charge in [-0.05, 0) is 42.0 Å². The van der Waals surface area contributed by atoms with Gasteiger partial charge in [-0.2, -0.15) is 0 Å². The van der Waals surface area contributed by atoms with Crippen LogP contribution in [-0.4, -0.2) is 31.0 Å². The van der Waals surface area contributed by atoms with Crippen LogP contribution in [0.4, 0.5) is 10.5 Å². The van der Waals surface area contributed by atoms with Crippen LogP contribution in [0.1, 0.15) is 43.9 Å². The molecule has 2 aromatic rings. The molecule has 0 saturated carbocycles. The lowest BCUT2D eigenvalue weighted by Crippen LogP contribution is -2.36. The van der Waals surface area contributed by atoms with Gasteiger partial charge in [0.1, 0.15) is 0 Å². The Morgan fingerprint density at radius 1 is 1.21 bits per heavy atom. The van der Waals surface area contributed by atoms with Crippen molar-refractivity contribution in [3.63, 3.8) is 0 Å². The van der Waals surface area contributed by atoms with Gasteiger partial charge in [0.05, 0.1) is 25.9 Å². The number of hydrogen-bond donors (Lipinski definition) is 3. The maximum absolute atomic E-state index is 12.5. The summed E-state index contributed by atoms with van der Waals surface area (Å²) < 4.78 is 11.2. The first-order chi connectivity index (χ1) is 14.0. The number of hydrogen-bond acceptors (Lipinski definition) is 4. The molecule has 2 aromatic carbocycles. The zero-order valence-corrected chi connectivity index (χ0v) is 17.3. The zero-order valence-electron chi connectivity index (χ0n) is 17.3. The maximum Gasteiger partial charge on any atom is 0.319 e.